The van der Waals surface area contributed by atoms with Gasteiger partial charge in [-0.05, 0) is 41.0 Å². The van der Waals surface area contributed by atoms with Gasteiger partial charge in [0, 0.05) is 11.1 Å². The van der Waals surface area contributed by atoms with Crippen LogP contribution in [0.15, 0.2) is 72.4 Å². The number of rotatable bonds is 1. The maximum absolute atomic E-state index is 12.9. The molecular formula is C25H11F3N4. The molecule has 1 aliphatic rings. The molecule has 1 heterocycles. The third-order valence-corrected chi connectivity index (χ3v) is 5.35. The lowest BCUT2D eigenvalue weighted by Crippen LogP contribution is -2.04. The van der Waals surface area contributed by atoms with Crippen LogP contribution >= 0.6 is 0 Å². The zero-order valence-corrected chi connectivity index (χ0v) is 16.3. The van der Waals surface area contributed by atoms with E-state index >= 15 is 0 Å². The first-order valence-corrected chi connectivity index (χ1v) is 9.52. The number of hydrogen-bond donors (Lipinski definition) is 0. The van der Waals surface area contributed by atoms with E-state index in [1.807, 2.05) is 30.3 Å². The number of halogens is 3. The Kier molecular flexibility index (Phi) is 4.28. The average molecular weight is 424 g/mol. The summed E-state index contributed by atoms with van der Waals surface area (Å²) in [6.07, 6.45) is -4.40. The molecule has 3 aromatic carbocycles. The van der Waals surface area contributed by atoms with Gasteiger partial charge in [-0.3, -0.25) is 0 Å². The number of nitriles is 1. The Hall–Kier alpha value is -4.49. The topological polar surface area (TPSA) is 53.9 Å². The molecule has 0 unspecified atom stereocenters. The van der Waals surface area contributed by atoms with Crippen LogP contribution in [0.25, 0.3) is 43.8 Å². The first-order valence-electron chi connectivity index (χ1n) is 9.52. The van der Waals surface area contributed by atoms with Crippen LogP contribution in [0.2, 0.25) is 0 Å². The summed E-state index contributed by atoms with van der Waals surface area (Å²) in [7, 11) is 0. The molecule has 0 amide bonds. The van der Waals surface area contributed by atoms with E-state index < -0.39 is 11.7 Å². The molecule has 0 bridgehead atoms. The first kappa shape index (κ1) is 19.5. The largest absolute Gasteiger partial charge is 0.416 e. The second kappa shape index (κ2) is 7.04. The summed E-state index contributed by atoms with van der Waals surface area (Å²) in [6.45, 7) is 7.39. The number of allylic oxidation sites excluding steroid dienone is 1. The van der Waals surface area contributed by atoms with Gasteiger partial charge < -0.3 is 0 Å². The van der Waals surface area contributed by atoms with Crippen LogP contribution in [-0.2, 0) is 6.18 Å². The molecule has 0 spiro atoms. The molecule has 1 aromatic heterocycles. The SMILES string of the molecule is [C-]#[N+]C(C#N)=C1c2ccccc2-c2nc3ccc(-c4ccc(C(F)(F)F)cc4)cc3nc21. The second-order valence-electron chi connectivity index (χ2n) is 7.19. The first-order chi connectivity index (χ1) is 15.4. The smallest absolute Gasteiger partial charge is 0.245 e. The van der Waals surface area contributed by atoms with Crippen LogP contribution in [-0.4, -0.2) is 9.97 Å². The highest BCUT2D eigenvalue weighted by atomic mass is 19.4. The summed E-state index contributed by atoms with van der Waals surface area (Å²) in [5, 5.41) is 9.47. The molecule has 0 saturated heterocycles. The zero-order valence-electron chi connectivity index (χ0n) is 16.3. The summed E-state index contributed by atoms with van der Waals surface area (Å²) in [6, 6.07) is 19.5. The van der Waals surface area contributed by atoms with Gasteiger partial charge in [-0.15, -0.1) is 0 Å². The fraction of sp³-hybridized carbons (Fsp3) is 0.0400. The van der Waals surface area contributed by atoms with E-state index in [2.05, 4.69) is 4.85 Å². The molecule has 5 rings (SSSR count). The Balaban J connectivity index is 1.69. The van der Waals surface area contributed by atoms with Gasteiger partial charge >= 0.3 is 6.18 Å². The fourth-order valence-electron chi connectivity index (χ4n) is 3.86. The van der Waals surface area contributed by atoms with Crippen LogP contribution in [0.1, 0.15) is 16.8 Å². The summed E-state index contributed by atoms with van der Waals surface area (Å²) < 4.78 is 38.6. The maximum atomic E-state index is 12.9. The van der Waals surface area contributed by atoms with Gasteiger partial charge in [0.15, 0.2) is 0 Å². The van der Waals surface area contributed by atoms with Gasteiger partial charge in [-0.25, -0.2) is 20.1 Å². The van der Waals surface area contributed by atoms with E-state index in [4.69, 9.17) is 16.5 Å². The lowest BCUT2D eigenvalue weighted by Gasteiger charge is -2.09. The Labute approximate surface area is 180 Å². The van der Waals surface area contributed by atoms with Crippen molar-refractivity contribution in [3.8, 4) is 28.5 Å². The van der Waals surface area contributed by atoms with Crippen LogP contribution in [0.5, 0.6) is 0 Å². The number of hydrogen-bond acceptors (Lipinski definition) is 3. The minimum atomic E-state index is -4.40. The van der Waals surface area contributed by atoms with E-state index in [1.54, 1.807) is 18.2 Å². The molecule has 0 N–H and O–H groups in total. The fourth-order valence-corrected chi connectivity index (χ4v) is 3.86. The van der Waals surface area contributed by atoms with Crippen molar-refractivity contribution in [2.24, 2.45) is 0 Å². The van der Waals surface area contributed by atoms with Crippen LogP contribution in [0.3, 0.4) is 0 Å². The monoisotopic (exact) mass is 424 g/mol. The van der Waals surface area contributed by atoms with E-state index in [1.165, 1.54) is 12.1 Å². The molecule has 7 heteroatoms. The molecule has 0 saturated carbocycles. The summed E-state index contributed by atoms with van der Waals surface area (Å²) in [4.78, 5) is 12.8. The molecule has 0 aliphatic heterocycles. The molecule has 4 aromatic rings. The van der Waals surface area contributed by atoms with Crippen molar-refractivity contribution in [2.45, 2.75) is 6.18 Å². The molecule has 0 radical (unpaired) electrons. The molecule has 152 valence electrons. The normalized spacial score (nSPS) is 13.8. The summed E-state index contributed by atoms with van der Waals surface area (Å²) in [5.74, 6) is 0. The number of alkyl halides is 3. The number of benzene rings is 3. The van der Waals surface area contributed by atoms with Crippen molar-refractivity contribution in [2.75, 3.05) is 0 Å². The Morgan fingerprint density at radius 2 is 1.50 bits per heavy atom. The second-order valence-corrected chi connectivity index (χ2v) is 7.19. The van der Waals surface area contributed by atoms with Crippen LogP contribution in [0, 0.1) is 17.9 Å². The highest BCUT2D eigenvalue weighted by molar-refractivity contribution is 6.02. The van der Waals surface area contributed by atoms with E-state index in [-0.39, 0.29) is 5.70 Å². The minimum Gasteiger partial charge on any atom is -0.245 e. The van der Waals surface area contributed by atoms with E-state index in [0.29, 0.717) is 39.1 Å². The molecular weight excluding hydrogens is 413 g/mol. The molecule has 32 heavy (non-hydrogen) atoms. The Morgan fingerprint density at radius 1 is 0.844 bits per heavy atom. The van der Waals surface area contributed by atoms with Gasteiger partial charge in [0.05, 0.1) is 40.6 Å². The summed E-state index contributed by atoms with van der Waals surface area (Å²) in [5.41, 5.74) is 4.68. The van der Waals surface area contributed by atoms with E-state index in [0.717, 1.165) is 23.3 Å². The standard InChI is InChI=1S/C25H11F3N4/c1-30-21(13-29)22-17-4-2-3-5-18(17)23-24(22)32-20-12-15(8-11-19(20)31-23)14-6-9-16(10-7-14)25(26,27)28/h2-12H. The highest BCUT2D eigenvalue weighted by Crippen LogP contribution is 2.44. The van der Waals surface area contributed by atoms with Gasteiger partial charge in [0.1, 0.15) is 0 Å². The van der Waals surface area contributed by atoms with Crippen molar-refractivity contribution in [3.05, 3.63) is 101 Å². The van der Waals surface area contributed by atoms with Gasteiger partial charge in [-0.1, -0.05) is 42.5 Å². The molecule has 0 atom stereocenters. The van der Waals surface area contributed by atoms with Crippen LogP contribution < -0.4 is 0 Å². The minimum absolute atomic E-state index is 0.0660. The third-order valence-electron chi connectivity index (χ3n) is 5.35. The predicted molar refractivity (Wildman–Crippen MR) is 114 cm³/mol. The van der Waals surface area contributed by atoms with Crippen molar-refractivity contribution >= 4 is 16.6 Å². The Bertz CT molecular complexity index is 1500. The van der Waals surface area contributed by atoms with E-state index in [9.17, 15) is 18.4 Å². The molecule has 1 aliphatic carbocycles. The van der Waals surface area contributed by atoms with Crippen molar-refractivity contribution in [1.29, 1.82) is 5.26 Å². The number of aromatic nitrogens is 2. The van der Waals surface area contributed by atoms with Crippen molar-refractivity contribution in [3.63, 3.8) is 0 Å². The number of fused-ring (bicyclic) bond motifs is 4. The lowest BCUT2D eigenvalue weighted by molar-refractivity contribution is -0.137. The van der Waals surface area contributed by atoms with Gasteiger partial charge in [0.2, 0.25) is 0 Å². The van der Waals surface area contributed by atoms with Crippen molar-refractivity contribution < 1.29 is 13.2 Å². The Morgan fingerprint density at radius 3 is 2.16 bits per heavy atom. The zero-order chi connectivity index (χ0) is 22.5. The highest BCUT2D eigenvalue weighted by Gasteiger charge is 2.31. The predicted octanol–water partition coefficient (Wildman–Crippen LogP) is 6.50. The molecule has 4 nitrogen and oxygen atoms in total. The maximum Gasteiger partial charge on any atom is 0.416 e. The third kappa shape index (κ3) is 3.00. The van der Waals surface area contributed by atoms with Gasteiger partial charge in [-0.2, -0.15) is 13.2 Å². The average Bonchev–Trinajstić information content (AvgIpc) is 3.11. The number of nitrogens with zero attached hydrogens (tertiary/aromatic N) is 4. The van der Waals surface area contributed by atoms with Crippen LogP contribution in [0.4, 0.5) is 13.2 Å². The lowest BCUT2D eigenvalue weighted by atomic mass is 10.0. The quantitative estimate of drug-likeness (QED) is 0.228. The molecule has 0 fully saturated rings. The van der Waals surface area contributed by atoms with Crippen molar-refractivity contribution in [1.82, 2.24) is 9.97 Å². The summed E-state index contributed by atoms with van der Waals surface area (Å²) >= 11 is 0. The van der Waals surface area contributed by atoms with Gasteiger partial charge in [0.25, 0.3) is 5.70 Å².